The van der Waals surface area contributed by atoms with Gasteiger partial charge in [-0.15, -0.1) is 10.2 Å². The Morgan fingerprint density at radius 1 is 1.31 bits per heavy atom. The van der Waals surface area contributed by atoms with Crippen LogP contribution in [0.3, 0.4) is 0 Å². The van der Waals surface area contributed by atoms with E-state index in [-0.39, 0.29) is 0 Å². The SMILES string of the molecule is Cc1cc(Br)cnc1Sc1nnc(C)n1C. The Kier molecular flexibility index (Phi) is 3.30. The van der Waals surface area contributed by atoms with E-state index in [2.05, 4.69) is 31.1 Å². The molecule has 0 fully saturated rings. The molecule has 84 valence electrons. The van der Waals surface area contributed by atoms with Gasteiger partial charge in [0.2, 0.25) is 0 Å². The summed E-state index contributed by atoms with van der Waals surface area (Å²) >= 11 is 4.92. The number of pyridine rings is 1. The molecule has 0 atom stereocenters. The van der Waals surface area contributed by atoms with E-state index in [0.717, 1.165) is 26.0 Å². The molecule has 0 aliphatic rings. The van der Waals surface area contributed by atoms with Crippen molar-refractivity contribution in [3.8, 4) is 0 Å². The highest BCUT2D eigenvalue weighted by Crippen LogP contribution is 2.28. The van der Waals surface area contributed by atoms with Crippen LogP contribution >= 0.6 is 27.7 Å². The lowest BCUT2D eigenvalue weighted by Crippen LogP contribution is -1.94. The number of aromatic nitrogens is 4. The Bertz CT molecular complexity index is 524. The first-order valence-electron chi connectivity index (χ1n) is 4.74. The van der Waals surface area contributed by atoms with Gasteiger partial charge in [-0.25, -0.2) is 4.98 Å². The lowest BCUT2D eigenvalue weighted by Gasteiger charge is -2.04. The Balaban J connectivity index is 2.30. The summed E-state index contributed by atoms with van der Waals surface area (Å²) in [6, 6.07) is 2.04. The van der Waals surface area contributed by atoms with Crippen LogP contribution in [0.5, 0.6) is 0 Å². The molecule has 2 rings (SSSR count). The van der Waals surface area contributed by atoms with Crippen LogP contribution in [0.4, 0.5) is 0 Å². The largest absolute Gasteiger partial charge is 0.309 e. The smallest absolute Gasteiger partial charge is 0.197 e. The number of nitrogens with zero attached hydrogens (tertiary/aromatic N) is 4. The fraction of sp³-hybridized carbons (Fsp3) is 0.300. The van der Waals surface area contributed by atoms with Crippen LogP contribution in [-0.2, 0) is 7.05 Å². The summed E-state index contributed by atoms with van der Waals surface area (Å²) in [6.45, 7) is 3.96. The van der Waals surface area contributed by atoms with Gasteiger partial charge in [0.25, 0.3) is 0 Å². The summed E-state index contributed by atoms with van der Waals surface area (Å²) < 4.78 is 2.94. The van der Waals surface area contributed by atoms with E-state index in [1.165, 1.54) is 11.8 Å². The highest BCUT2D eigenvalue weighted by Gasteiger charge is 2.09. The zero-order valence-corrected chi connectivity index (χ0v) is 11.6. The zero-order chi connectivity index (χ0) is 11.7. The quantitative estimate of drug-likeness (QED) is 0.855. The van der Waals surface area contributed by atoms with Crippen molar-refractivity contribution in [2.24, 2.45) is 7.05 Å². The maximum Gasteiger partial charge on any atom is 0.197 e. The highest BCUT2D eigenvalue weighted by atomic mass is 79.9. The molecular weight excluding hydrogens is 288 g/mol. The molecule has 0 saturated carbocycles. The first-order valence-corrected chi connectivity index (χ1v) is 6.35. The topological polar surface area (TPSA) is 43.6 Å². The van der Waals surface area contributed by atoms with Crippen LogP contribution in [0, 0.1) is 13.8 Å². The lowest BCUT2D eigenvalue weighted by atomic mass is 10.3. The standard InChI is InChI=1S/C10H11BrN4S/c1-6-4-8(11)5-12-9(6)16-10-14-13-7(2)15(10)3/h4-5H,1-3H3. The molecular formula is C10H11BrN4S. The molecule has 0 amide bonds. The summed E-state index contributed by atoms with van der Waals surface area (Å²) in [5.41, 5.74) is 1.13. The summed E-state index contributed by atoms with van der Waals surface area (Å²) in [5.74, 6) is 0.900. The van der Waals surface area contributed by atoms with Gasteiger partial charge in [0.1, 0.15) is 10.9 Å². The van der Waals surface area contributed by atoms with Crippen LogP contribution in [0.15, 0.2) is 26.9 Å². The van der Waals surface area contributed by atoms with Crippen molar-refractivity contribution >= 4 is 27.7 Å². The monoisotopic (exact) mass is 298 g/mol. The second-order valence-electron chi connectivity index (χ2n) is 3.47. The van der Waals surface area contributed by atoms with Gasteiger partial charge >= 0.3 is 0 Å². The van der Waals surface area contributed by atoms with Crippen LogP contribution in [0.25, 0.3) is 0 Å². The third kappa shape index (κ3) is 2.27. The molecule has 16 heavy (non-hydrogen) atoms. The third-order valence-corrected chi connectivity index (χ3v) is 3.83. The molecule has 0 unspecified atom stereocenters. The Morgan fingerprint density at radius 2 is 2.06 bits per heavy atom. The van der Waals surface area contributed by atoms with Crippen molar-refractivity contribution in [1.82, 2.24) is 19.7 Å². The Morgan fingerprint density at radius 3 is 2.62 bits per heavy atom. The van der Waals surface area contributed by atoms with Crippen molar-refractivity contribution < 1.29 is 0 Å². The molecule has 6 heteroatoms. The first-order chi connectivity index (χ1) is 7.58. The second kappa shape index (κ2) is 4.55. The molecule has 0 bridgehead atoms. The molecule has 0 aliphatic carbocycles. The van der Waals surface area contributed by atoms with Gasteiger partial charge in [-0.1, -0.05) is 0 Å². The molecule has 0 radical (unpaired) electrons. The average Bonchev–Trinajstić information content (AvgIpc) is 2.54. The number of hydrogen-bond donors (Lipinski definition) is 0. The fourth-order valence-corrected chi connectivity index (χ4v) is 2.49. The van der Waals surface area contributed by atoms with Gasteiger partial charge < -0.3 is 4.57 Å². The number of hydrogen-bond acceptors (Lipinski definition) is 4. The Hall–Kier alpha value is -0.880. The van der Waals surface area contributed by atoms with Crippen molar-refractivity contribution in [3.63, 3.8) is 0 Å². The minimum absolute atomic E-state index is 0.857. The first kappa shape index (κ1) is 11.6. The summed E-state index contributed by atoms with van der Waals surface area (Å²) in [4.78, 5) is 4.36. The summed E-state index contributed by atoms with van der Waals surface area (Å²) in [7, 11) is 1.95. The van der Waals surface area contributed by atoms with Gasteiger partial charge in [0, 0.05) is 17.7 Å². The molecule has 0 aromatic carbocycles. The number of halogens is 1. The molecule has 2 aromatic rings. The van der Waals surface area contributed by atoms with E-state index in [4.69, 9.17) is 0 Å². The van der Waals surface area contributed by atoms with E-state index in [1.807, 2.05) is 31.5 Å². The van der Waals surface area contributed by atoms with E-state index in [9.17, 15) is 0 Å². The minimum Gasteiger partial charge on any atom is -0.309 e. The van der Waals surface area contributed by atoms with Crippen LogP contribution < -0.4 is 0 Å². The zero-order valence-electron chi connectivity index (χ0n) is 9.23. The fourth-order valence-electron chi connectivity index (χ4n) is 1.20. The number of aryl methyl sites for hydroxylation is 2. The van der Waals surface area contributed by atoms with Gasteiger partial charge in [-0.2, -0.15) is 0 Å². The van der Waals surface area contributed by atoms with Crippen molar-refractivity contribution in [3.05, 3.63) is 28.1 Å². The molecule has 2 aromatic heterocycles. The van der Waals surface area contributed by atoms with E-state index in [0.29, 0.717) is 0 Å². The lowest BCUT2D eigenvalue weighted by molar-refractivity contribution is 0.764. The summed E-state index contributed by atoms with van der Waals surface area (Å²) in [5, 5.41) is 9.93. The molecule has 0 aliphatic heterocycles. The van der Waals surface area contributed by atoms with Crippen LogP contribution in [-0.4, -0.2) is 19.7 Å². The van der Waals surface area contributed by atoms with Crippen LogP contribution in [0.2, 0.25) is 0 Å². The van der Waals surface area contributed by atoms with Crippen molar-refractivity contribution in [1.29, 1.82) is 0 Å². The van der Waals surface area contributed by atoms with E-state index < -0.39 is 0 Å². The van der Waals surface area contributed by atoms with Crippen LogP contribution in [0.1, 0.15) is 11.4 Å². The van der Waals surface area contributed by atoms with Crippen molar-refractivity contribution in [2.75, 3.05) is 0 Å². The van der Waals surface area contributed by atoms with Gasteiger partial charge in [0.05, 0.1) is 0 Å². The molecule has 0 N–H and O–H groups in total. The maximum atomic E-state index is 4.36. The second-order valence-corrected chi connectivity index (χ2v) is 5.34. The van der Waals surface area contributed by atoms with Gasteiger partial charge in [0.15, 0.2) is 5.16 Å². The molecule has 4 nitrogen and oxygen atoms in total. The maximum absolute atomic E-state index is 4.36. The average molecular weight is 299 g/mol. The minimum atomic E-state index is 0.857. The van der Waals surface area contributed by atoms with E-state index >= 15 is 0 Å². The Labute approximate surface area is 107 Å². The molecule has 2 heterocycles. The third-order valence-electron chi connectivity index (χ3n) is 2.24. The van der Waals surface area contributed by atoms with Gasteiger partial charge in [-0.3, -0.25) is 0 Å². The summed E-state index contributed by atoms with van der Waals surface area (Å²) in [6.07, 6.45) is 1.79. The predicted molar refractivity (Wildman–Crippen MR) is 66.5 cm³/mol. The predicted octanol–water partition coefficient (Wildman–Crippen LogP) is 2.74. The number of rotatable bonds is 2. The molecule has 0 spiro atoms. The van der Waals surface area contributed by atoms with Crippen molar-refractivity contribution in [2.45, 2.75) is 24.0 Å². The van der Waals surface area contributed by atoms with E-state index in [1.54, 1.807) is 6.20 Å². The molecule has 0 saturated heterocycles. The normalized spacial score (nSPS) is 10.8. The highest BCUT2D eigenvalue weighted by molar-refractivity contribution is 9.10. The van der Waals surface area contributed by atoms with Gasteiger partial charge in [-0.05, 0) is 53.2 Å².